The smallest absolute Gasteiger partial charge is 0.280 e. The van der Waals surface area contributed by atoms with E-state index >= 15 is 0 Å². The van der Waals surface area contributed by atoms with E-state index in [0.717, 1.165) is 12.1 Å². The van der Waals surface area contributed by atoms with E-state index in [9.17, 15) is 20.2 Å². The van der Waals surface area contributed by atoms with Gasteiger partial charge in [-0.1, -0.05) is 11.6 Å². The third-order valence-corrected chi connectivity index (χ3v) is 1.93. The van der Waals surface area contributed by atoms with E-state index in [1.165, 1.54) is 12.3 Å². The van der Waals surface area contributed by atoms with Gasteiger partial charge < -0.3 is 5.21 Å². The topological polar surface area (TPSA) is 136 Å². The minimum atomic E-state index is -0.700. The van der Waals surface area contributed by atoms with Crippen molar-refractivity contribution in [2.45, 2.75) is 6.92 Å². The molecule has 0 bridgehead atoms. The summed E-state index contributed by atoms with van der Waals surface area (Å²) in [5.41, 5.74) is -0.683. The normalized spacial score (nSPS) is 8.82. The molecular formula is C7H6ClN3O6. The molecule has 0 saturated carbocycles. The van der Waals surface area contributed by atoms with Crippen LogP contribution in [0.3, 0.4) is 0 Å². The van der Waals surface area contributed by atoms with Crippen LogP contribution in [0, 0.1) is 32.1 Å². The van der Waals surface area contributed by atoms with Crippen LogP contribution in [0.15, 0.2) is 17.5 Å². The van der Waals surface area contributed by atoms with Gasteiger partial charge in [0, 0.05) is 12.1 Å². The molecule has 0 aliphatic rings. The Bertz CT molecular complexity index is 428. The zero-order valence-corrected chi connectivity index (χ0v) is 9.12. The molecule has 0 radical (unpaired) electrons. The average molecular weight is 264 g/mol. The van der Waals surface area contributed by atoms with Crippen molar-refractivity contribution in [3.63, 3.8) is 0 Å². The fourth-order valence-corrected chi connectivity index (χ4v) is 1.24. The van der Waals surface area contributed by atoms with Crippen LogP contribution in [0.4, 0.5) is 11.4 Å². The molecule has 0 aliphatic carbocycles. The molecule has 0 heterocycles. The molecule has 92 valence electrons. The number of nitro groups is 2. The molecule has 17 heavy (non-hydrogen) atoms. The summed E-state index contributed by atoms with van der Waals surface area (Å²) in [6.07, 6.45) is 0. The maximum Gasteiger partial charge on any atom is 0.280 e. The second-order valence-electron chi connectivity index (χ2n) is 2.66. The Kier molecular flexibility index (Phi) is 5.47. The zero-order chi connectivity index (χ0) is 13.6. The Labute approximate surface area is 98.9 Å². The maximum absolute atomic E-state index is 10.5. The van der Waals surface area contributed by atoms with Crippen LogP contribution in [0.25, 0.3) is 0 Å². The second-order valence-corrected chi connectivity index (χ2v) is 3.10. The first-order chi connectivity index (χ1) is 7.84. The summed E-state index contributed by atoms with van der Waals surface area (Å²) in [6, 6.07) is 2.17. The number of halogens is 1. The predicted molar refractivity (Wildman–Crippen MR) is 57.1 cm³/mol. The van der Waals surface area contributed by atoms with Crippen molar-refractivity contribution in [3.8, 4) is 0 Å². The number of rotatable bonds is 2. The van der Waals surface area contributed by atoms with Gasteiger partial charge in [-0.15, -0.1) is 4.91 Å². The number of hydrogen-bond acceptors (Lipinski definition) is 6. The highest BCUT2D eigenvalue weighted by atomic mass is 35.5. The predicted octanol–water partition coefficient (Wildman–Crippen LogP) is 2.61. The van der Waals surface area contributed by atoms with Crippen LogP contribution >= 0.6 is 11.6 Å². The zero-order valence-electron chi connectivity index (χ0n) is 8.36. The second kappa shape index (κ2) is 6.33. The highest BCUT2D eigenvalue weighted by Gasteiger charge is 2.22. The minimum Gasteiger partial charge on any atom is -0.379 e. The van der Waals surface area contributed by atoms with Gasteiger partial charge in [0.25, 0.3) is 11.4 Å². The summed E-state index contributed by atoms with van der Waals surface area (Å²) >= 11 is 5.50. The van der Waals surface area contributed by atoms with Crippen molar-refractivity contribution in [3.05, 3.63) is 47.9 Å². The molecule has 1 N–H and O–H groups in total. The van der Waals surface area contributed by atoms with Crippen molar-refractivity contribution in [2.75, 3.05) is 0 Å². The monoisotopic (exact) mass is 263 g/mol. The Morgan fingerprint density at radius 3 is 1.76 bits per heavy atom. The lowest BCUT2D eigenvalue weighted by atomic mass is 10.1. The van der Waals surface area contributed by atoms with Gasteiger partial charge in [-0.25, -0.2) is 0 Å². The van der Waals surface area contributed by atoms with E-state index in [-0.39, 0.29) is 22.0 Å². The Morgan fingerprint density at radius 1 is 1.24 bits per heavy atom. The van der Waals surface area contributed by atoms with Crippen LogP contribution < -0.4 is 0 Å². The van der Waals surface area contributed by atoms with Crippen LogP contribution in [-0.4, -0.2) is 15.1 Å². The van der Waals surface area contributed by atoms with Gasteiger partial charge in [0.15, 0.2) is 5.34 Å². The molecule has 0 spiro atoms. The van der Waals surface area contributed by atoms with Gasteiger partial charge in [-0.3, -0.25) is 20.2 Å². The minimum absolute atomic E-state index is 0.00407. The van der Waals surface area contributed by atoms with Gasteiger partial charge in [0.2, 0.25) is 0 Å². The van der Waals surface area contributed by atoms with E-state index in [2.05, 4.69) is 0 Å². The van der Waals surface area contributed by atoms with Gasteiger partial charge in [0.05, 0.1) is 14.9 Å². The molecule has 1 aromatic rings. The van der Waals surface area contributed by atoms with Gasteiger partial charge in [-0.05, 0) is 6.92 Å². The largest absolute Gasteiger partial charge is 0.379 e. The van der Waals surface area contributed by atoms with E-state index in [0.29, 0.717) is 0 Å². The first-order valence-corrected chi connectivity index (χ1v) is 4.28. The highest BCUT2D eigenvalue weighted by Crippen LogP contribution is 2.31. The third kappa shape index (κ3) is 3.99. The molecule has 1 aromatic carbocycles. The van der Waals surface area contributed by atoms with E-state index < -0.39 is 9.85 Å². The fourth-order valence-electron chi connectivity index (χ4n) is 1.03. The number of hydrogen-bond donors (Lipinski definition) is 1. The maximum atomic E-state index is 10.5. The molecular weight excluding hydrogens is 258 g/mol. The van der Waals surface area contributed by atoms with Crippen molar-refractivity contribution < 1.29 is 15.1 Å². The van der Waals surface area contributed by atoms with Gasteiger partial charge in [0.1, 0.15) is 5.56 Å². The molecule has 0 unspecified atom stereocenters. The van der Waals surface area contributed by atoms with Crippen molar-refractivity contribution in [1.82, 2.24) is 0 Å². The molecule has 0 aliphatic heterocycles. The first-order valence-electron chi connectivity index (χ1n) is 3.90. The van der Waals surface area contributed by atoms with E-state index in [4.69, 9.17) is 21.7 Å². The lowest BCUT2D eigenvalue weighted by Gasteiger charge is -1.99. The summed E-state index contributed by atoms with van der Waals surface area (Å²) in [5.74, 6) is 0. The van der Waals surface area contributed by atoms with E-state index in [1.807, 2.05) is 0 Å². The Morgan fingerprint density at radius 2 is 1.53 bits per heavy atom. The summed E-state index contributed by atoms with van der Waals surface area (Å²) in [6.45, 7) is 1.31. The SMILES string of the molecule is Cc1c([N+](=O)[O-])cc(Cl)cc1[N+](=O)[O-].O=NO. The fraction of sp³-hybridized carbons (Fsp3) is 0.143. The van der Waals surface area contributed by atoms with Crippen LogP contribution in [0.1, 0.15) is 5.56 Å². The Hall–Kier alpha value is -2.29. The molecule has 0 saturated heterocycles. The number of benzene rings is 1. The summed E-state index contributed by atoms with van der Waals surface area (Å²) < 4.78 is 0. The van der Waals surface area contributed by atoms with Crippen molar-refractivity contribution in [1.29, 1.82) is 0 Å². The average Bonchev–Trinajstić information content (AvgIpc) is 2.21. The third-order valence-electron chi connectivity index (χ3n) is 1.71. The van der Waals surface area contributed by atoms with Crippen LogP contribution in [0.2, 0.25) is 5.02 Å². The summed E-state index contributed by atoms with van der Waals surface area (Å²) in [5, 5.41) is 28.8. The summed E-state index contributed by atoms with van der Waals surface area (Å²) in [7, 11) is 0. The molecule has 10 heteroatoms. The lowest BCUT2D eigenvalue weighted by Crippen LogP contribution is -1.97. The number of nitro benzene ring substituents is 2. The van der Waals surface area contributed by atoms with Crippen molar-refractivity contribution in [2.24, 2.45) is 5.34 Å². The van der Waals surface area contributed by atoms with Crippen LogP contribution in [0.5, 0.6) is 0 Å². The number of nitrogens with zero attached hydrogens (tertiary/aromatic N) is 3. The summed E-state index contributed by atoms with van der Waals surface area (Å²) in [4.78, 5) is 27.7. The van der Waals surface area contributed by atoms with Crippen molar-refractivity contribution >= 4 is 23.0 Å². The molecule has 0 fully saturated rings. The van der Waals surface area contributed by atoms with Gasteiger partial charge >= 0.3 is 0 Å². The first kappa shape index (κ1) is 14.7. The molecule has 1 rings (SSSR count). The molecule has 0 atom stereocenters. The molecule has 9 nitrogen and oxygen atoms in total. The highest BCUT2D eigenvalue weighted by molar-refractivity contribution is 6.31. The van der Waals surface area contributed by atoms with E-state index in [1.54, 1.807) is 0 Å². The lowest BCUT2D eigenvalue weighted by molar-refractivity contribution is -0.395. The van der Waals surface area contributed by atoms with Gasteiger partial charge in [-0.2, -0.15) is 0 Å². The standard InChI is InChI=1S/C7H5ClN2O4.HNO2/c1-4-6(9(11)12)2-5(8)3-7(4)10(13)14;2-1-3/h2-3H,1H3;(H,2,3). The quantitative estimate of drug-likeness (QED) is 0.494. The Balaban J connectivity index is 0.000000770. The molecule has 0 amide bonds. The van der Waals surface area contributed by atoms with Crippen LogP contribution in [-0.2, 0) is 0 Å². The molecule has 0 aromatic heterocycles.